The molecule has 2 aliphatic heterocycles. The van der Waals surface area contributed by atoms with Gasteiger partial charge in [-0.05, 0) is 43.6 Å². The highest BCUT2D eigenvalue weighted by Gasteiger charge is 2.34. The summed E-state index contributed by atoms with van der Waals surface area (Å²) in [4.78, 5) is 18.9. The number of benzene rings is 1. The summed E-state index contributed by atoms with van der Waals surface area (Å²) in [6.45, 7) is 1.47. The van der Waals surface area contributed by atoms with Crippen molar-refractivity contribution in [3.8, 4) is 11.3 Å². The minimum absolute atomic E-state index is 0.0858. The molecule has 1 saturated carbocycles. The Bertz CT molecular complexity index is 881. The maximum Gasteiger partial charge on any atom is 0.317 e. The predicted molar refractivity (Wildman–Crippen MR) is 116 cm³/mol. The van der Waals surface area contributed by atoms with E-state index in [9.17, 15) is 9.90 Å². The smallest absolute Gasteiger partial charge is 0.317 e. The van der Waals surface area contributed by atoms with Crippen LogP contribution in [0, 0.1) is 5.92 Å². The molecule has 2 amide bonds. The number of aromatic nitrogens is 2. The molecule has 1 saturated heterocycles. The zero-order valence-corrected chi connectivity index (χ0v) is 17.5. The molecule has 2 atom stereocenters. The molecule has 2 fully saturated rings. The molecule has 2 aromatic rings. The number of fused-ring (bicyclic) bond motifs is 3. The summed E-state index contributed by atoms with van der Waals surface area (Å²) >= 11 is 0. The molecule has 0 spiro atoms. The average molecular weight is 409 g/mol. The number of amides is 2. The number of aliphatic hydroxyl groups is 1. The standard InChI is InChI=1S/C24H32N4O2/c29-23(14-21-19-8-4-5-9-20(19)22-15-25-16-28(21)22)17-10-12-27(13-11-17)24(30)26-18-6-2-1-3-7-18/h4-5,8-9,15-18,21,23,29H,1-3,6-7,10-14H2,(H,26,30)/t21-,23-/m0/s1. The van der Waals surface area contributed by atoms with Gasteiger partial charge in [0.15, 0.2) is 0 Å². The molecule has 1 aromatic heterocycles. The largest absolute Gasteiger partial charge is 0.393 e. The molecule has 3 aliphatic rings. The molecule has 1 aromatic carbocycles. The number of aliphatic hydroxyl groups excluding tert-OH is 1. The molecule has 1 aliphatic carbocycles. The predicted octanol–water partition coefficient (Wildman–Crippen LogP) is 3.96. The fourth-order valence-electron chi connectivity index (χ4n) is 5.59. The van der Waals surface area contributed by atoms with Crippen LogP contribution in [0.2, 0.25) is 0 Å². The first-order valence-corrected chi connectivity index (χ1v) is 11.6. The fourth-order valence-corrected chi connectivity index (χ4v) is 5.59. The summed E-state index contributed by atoms with van der Waals surface area (Å²) in [5.74, 6) is 0.239. The van der Waals surface area contributed by atoms with Gasteiger partial charge < -0.3 is 19.9 Å². The Kier molecular flexibility index (Phi) is 5.50. The Balaban J connectivity index is 1.17. The molecule has 5 rings (SSSR count). The molecular weight excluding hydrogens is 376 g/mol. The van der Waals surface area contributed by atoms with Gasteiger partial charge in [0.05, 0.1) is 30.4 Å². The normalized spacial score (nSPS) is 23.1. The number of nitrogens with zero attached hydrogens (tertiary/aromatic N) is 3. The second kappa shape index (κ2) is 8.42. The van der Waals surface area contributed by atoms with Crippen molar-refractivity contribution in [1.29, 1.82) is 0 Å². The average Bonchev–Trinajstić information content (AvgIpc) is 3.37. The second-order valence-electron chi connectivity index (χ2n) is 9.20. The molecule has 0 unspecified atom stereocenters. The number of urea groups is 1. The monoisotopic (exact) mass is 408 g/mol. The van der Waals surface area contributed by atoms with Crippen LogP contribution in [0.4, 0.5) is 4.79 Å². The Morgan fingerprint density at radius 1 is 1.13 bits per heavy atom. The van der Waals surface area contributed by atoms with E-state index in [-0.39, 0.29) is 24.1 Å². The number of piperidine rings is 1. The highest BCUT2D eigenvalue weighted by molar-refractivity contribution is 5.74. The maximum atomic E-state index is 12.6. The van der Waals surface area contributed by atoms with Crippen LogP contribution in [-0.2, 0) is 0 Å². The van der Waals surface area contributed by atoms with Gasteiger partial charge in [-0.15, -0.1) is 0 Å². The molecule has 6 heteroatoms. The van der Waals surface area contributed by atoms with Crippen LogP contribution in [0.25, 0.3) is 11.3 Å². The van der Waals surface area contributed by atoms with E-state index in [4.69, 9.17) is 0 Å². The van der Waals surface area contributed by atoms with E-state index in [1.165, 1.54) is 30.4 Å². The van der Waals surface area contributed by atoms with Crippen molar-refractivity contribution in [3.05, 3.63) is 42.4 Å². The first-order chi connectivity index (χ1) is 14.7. The van der Waals surface area contributed by atoms with Crippen LogP contribution >= 0.6 is 0 Å². The van der Waals surface area contributed by atoms with Gasteiger partial charge in [0.2, 0.25) is 0 Å². The van der Waals surface area contributed by atoms with Gasteiger partial charge in [0.1, 0.15) is 0 Å². The Hall–Kier alpha value is -2.34. The first-order valence-electron chi connectivity index (χ1n) is 11.6. The molecule has 6 nitrogen and oxygen atoms in total. The molecule has 160 valence electrons. The fraction of sp³-hybridized carbons (Fsp3) is 0.583. The van der Waals surface area contributed by atoms with Crippen molar-refractivity contribution >= 4 is 6.03 Å². The molecule has 2 N–H and O–H groups in total. The lowest BCUT2D eigenvalue weighted by Gasteiger charge is -2.36. The quantitative estimate of drug-likeness (QED) is 0.805. The number of imidazole rings is 1. The summed E-state index contributed by atoms with van der Waals surface area (Å²) in [5.41, 5.74) is 3.64. The summed E-state index contributed by atoms with van der Waals surface area (Å²) in [6, 6.07) is 9.01. The molecular formula is C24H32N4O2. The SMILES string of the molecule is O=C(NC1CCCCC1)N1CCC([C@@H](O)C[C@H]2c3ccccc3-c3cncn32)CC1. The van der Waals surface area contributed by atoms with Crippen LogP contribution < -0.4 is 5.32 Å². The maximum absolute atomic E-state index is 12.6. The Labute approximate surface area is 178 Å². The summed E-state index contributed by atoms with van der Waals surface area (Å²) in [5, 5.41) is 14.3. The summed E-state index contributed by atoms with van der Waals surface area (Å²) in [6.07, 6.45) is 11.8. The minimum atomic E-state index is -0.375. The number of hydrogen-bond acceptors (Lipinski definition) is 3. The zero-order valence-electron chi connectivity index (χ0n) is 17.5. The van der Waals surface area contributed by atoms with Crippen LogP contribution in [0.1, 0.15) is 63.0 Å². The van der Waals surface area contributed by atoms with Crippen LogP contribution in [-0.4, -0.2) is 50.8 Å². The Morgan fingerprint density at radius 3 is 2.70 bits per heavy atom. The summed E-state index contributed by atoms with van der Waals surface area (Å²) in [7, 11) is 0. The van der Waals surface area contributed by atoms with Crippen LogP contribution in [0.5, 0.6) is 0 Å². The topological polar surface area (TPSA) is 70.4 Å². The van der Waals surface area contributed by atoms with E-state index >= 15 is 0 Å². The van der Waals surface area contributed by atoms with E-state index in [1.54, 1.807) is 0 Å². The third-order valence-electron chi connectivity index (χ3n) is 7.37. The summed E-state index contributed by atoms with van der Waals surface area (Å²) < 4.78 is 2.20. The highest BCUT2D eigenvalue weighted by Crippen LogP contribution is 2.42. The zero-order chi connectivity index (χ0) is 20.5. The van der Waals surface area contributed by atoms with Crippen molar-refractivity contribution in [2.24, 2.45) is 5.92 Å². The van der Waals surface area contributed by atoms with Gasteiger partial charge in [-0.1, -0.05) is 43.5 Å². The first kappa shape index (κ1) is 19.6. The van der Waals surface area contributed by atoms with Crippen molar-refractivity contribution < 1.29 is 9.90 Å². The number of rotatable bonds is 4. The van der Waals surface area contributed by atoms with Crippen molar-refractivity contribution in [1.82, 2.24) is 19.8 Å². The molecule has 3 heterocycles. The van der Waals surface area contributed by atoms with Crippen LogP contribution in [0.15, 0.2) is 36.8 Å². The lowest BCUT2D eigenvalue weighted by molar-refractivity contribution is 0.0534. The van der Waals surface area contributed by atoms with E-state index in [2.05, 4.69) is 39.1 Å². The van der Waals surface area contributed by atoms with E-state index in [1.807, 2.05) is 17.4 Å². The molecule has 0 bridgehead atoms. The number of carbonyl (C=O) groups excluding carboxylic acids is 1. The van der Waals surface area contributed by atoms with Gasteiger partial charge in [-0.3, -0.25) is 0 Å². The highest BCUT2D eigenvalue weighted by atomic mass is 16.3. The van der Waals surface area contributed by atoms with Crippen molar-refractivity contribution in [3.63, 3.8) is 0 Å². The second-order valence-corrected chi connectivity index (χ2v) is 9.20. The lowest BCUT2D eigenvalue weighted by atomic mass is 9.86. The van der Waals surface area contributed by atoms with Gasteiger partial charge in [0, 0.05) is 24.7 Å². The molecule has 0 radical (unpaired) electrons. The Morgan fingerprint density at radius 2 is 1.90 bits per heavy atom. The minimum Gasteiger partial charge on any atom is -0.393 e. The van der Waals surface area contributed by atoms with E-state index in [0.717, 1.165) is 44.5 Å². The van der Waals surface area contributed by atoms with Gasteiger partial charge in [-0.2, -0.15) is 0 Å². The van der Waals surface area contributed by atoms with Crippen LogP contribution in [0.3, 0.4) is 0 Å². The number of likely N-dealkylation sites (tertiary alicyclic amines) is 1. The third-order valence-corrected chi connectivity index (χ3v) is 7.37. The van der Waals surface area contributed by atoms with Gasteiger partial charge >= 0.3 is 6.03 Å². The molecule has 30 heavy (non-hydrogen) atoms. The van der Waals surface area contributed by atoms with E-state index in [0.29, 0.717) is 12.5 Å². The van der Waals surface area contributed by atoms with E-state index < -0.39 is 0 Å². The van der Waals surface area contributed by atoms with Gasteiger partial charge in [0.25, 0.3) is 0 Å². The van der Waals surface area contributed by atoms with Crippen molar-refractivity contribution in [2.75, 3.05) is 13.1 Å². The lowest BCUT2D eigenvalue weighted by Crippen LogP contribution is -2.49. The van der Waals surface area contributed by atoms with Gasteiger partial charge in [-0.25, -0.2) is 9.78 Å². The number of carbonyl (C=O) groups is 1. The van der Waals surface area contributed by atoms with Crippen molar-refractivity contribution in [2.45, 2.75) is 69.6 Å². The number of hydrogen-bond donors (Lipinski definition) is 2. The number of nitrogens with one attached hydrogen (secondary N) is 1. The third kappa shape index (κ3) is 3.73.